The Morgan fingerprint density at radius 1 is 1.06 bits per heavy atom. The second-order valence-electron chi connectivity index (χ2n) is 3.49. The van der Waals surface area contributed by atoms with Gasteiger partial charge in [-0.3, -0.25) is 9.59 Å². The Morgan fingerprint density at radius 3 is 2.12 bits per heavy atom. The molecule has 0 atom stereocenters. The lowest BCUT2D eigenvalue weighted by atomic mass is 10.2. The Bertz CT molecular complexity index is 561. The molecule has 0 aliphatic rings. The van der Waals surface area contributed by atoms with Gasteiger partial charge in [-0.25, -0.2) is 0 Å². The average molecular weight is 234 g/mol. The zero-order chi connectivity index (χ0) is 12.4. The van der Waals surface area contributed by atoms with Crippen LogP contribution >= 0.6 is 0 Å². The van der Waals surface area contributed by atoms with Crippen LogP contribution in [0.2, 0.25) is 0 Å². The monoisotopic (exact) mass is 234 g/mol. The minimum absolute atomic E-state index is 0.0190. The van der Waals surface area contributed by atoms with Crippen LogP contribution in [-0.4, -0.2) is 16.7 Å². The summed E-state index contributed by atoms with van der Waals surface area (Å²) in [4.78, 5) is 23.4. The van der Waals surface area contributed by atoms with Gasteiger partial charge in [0.25, 0.3) is 11.6 Å². The summed E-state index contributed by atoms with van der Waals surface area (Å²) in [6.07, 6.45) is 0. The number of aliphatic hydroxyl groups excluding tert-OH is 1. The summed E-state index contributed by atoms with van der Waals surface area (Å²) in [5.41, 5.74) is 0. The summed E-state index contributed by atoms with van der Waals surface area (Å²) in [6.45, 7) is 1.36. The minimum Gasteiger partial charge on any atom is -0.458 e. The molecule has 5 heteroatoms. The first-order valence-corrected chi connectivity index (χ1v) is 4.97. The van der Waals surface area contributed by atoms with Crippen LogP contribution in [0.3, 0.4) is 0 Å². The van der Waals surface area contributed by atoms with Crippen LogP contribution in [-0.2, 0) is 6.61 Å². The van der Waals surface area contributed by atoms with E-state index in [0.29, 0.717) is 5.76 Å². The molecule has 0 spiro atoms. The van der Waals surface area contributed by atoms with Gasteiger partial charge in [0.1, 0.15) is 18.1 Å². The first kappa shape index (κ1) is 11.3. The lowest BCUT2D eigenvalue weighted by Crippen LogP contribution is -2.12. The molecule has 2 heterocycles. The average Bonchev–Trinajstić information content (AvgIpc) is 2.95. The number of rotatable bonds is 4. The molecule has 0 saturated carbocycles. The van der Waals surface area contributed by atoms with Gasteiger partial charge in [0, 0.05) is 0 Å². The van der Waals surface area contributed by atoms with Gasteiger partial charge in [0.15, 0.2) is 11.5 Å². The Morgan fingerprint density at radius 2 is 1.65 bits per heavy atom. The second kappa shape index (κ2) is 4.39. The van der Waals surface area contributed by atoms with Gasteiger partial charge in [0.2, 0.25) is 0 Å². The summed E-state index contributed by atoms with van der Waals surface area (Å²) < 4.78 is 10.0. The summed E-state index contributed by atoms with van der Waals surface area (Å²) in [7, 11) is 0. The van der Waals surface area contributed by atoms with Crippen LogP contribution in [0, 0.1) is 6.92 Å². The van der Waals surface area contributed by atoms with E-state index in [9.17, 15) is 9.59 Å². The highest BCUT2D eigenvalue weighted by atomic mass is 16.4. The van der Waals surface area contributed by atoms with Crippen molar-refractivity contribution in [3.63, 3.8) is 0 Å². The highest BCUT2D eigenvalue weighted by Gasteiger charge is 2.24. The number of carbonyl (C=O) groups excluding carboxylic acids is 2. The van der Waals surface area contributed by atoms with Crippen LogP contribution < -0.4 is 0 Å². The fraction of sp³-hybridized carbons (Fsp3) is 0.167. The van der Waals surface area contributed by atoms with Gasteiger partial charge < -0.3 is 13.9 Å². The van der Waals surface area contributed by atoms with E-state index in [4.69, 9.17) is 13.9 Å². The molecule has 0 unspecified atom stereocenters. The van der Waals surface area contributed by atoms with Crippen molar-refractivity contribution in [3.8, 4) is 0 Å². The number of aliphatic hydroxyl groups is 1. The zero-order valence-electron chi connectivity index (χ0n) is 9.10. The molecule has 0 fully saturated rings. The molecule has 0 bridgehead atoms. The van der Waals surface area contributed by atoms with Crippen molar-refractivity contribution in [3.05, 3.63) is 47.3 Å². The quantitative estimate of drug-likeness (QED) is 0.643. The van der Waals surface area contributed by atoms with Gasteiger partial charge in [-0.1, -0.05) is 0 Å². The van der Waals surface area contributed by atoms with E-state index >= 15 is 0 Å². The lowest BCUT2D eigenvalue weighted by molar-refractivity contribution is 0.0782. The first-order chi connectivity index (χ1) is 8.11. The van der Waals surface area contributed by atoms with Crippen molar-refractivity contribution < 1.29 is 23.5 Å². The van der Waals surface area contributed by atoms with E-state index in [1.807, 2.05) is 0 Å². The summed E-state index contributed by atoms with van der Waals surface area (Å²) in [5.74, 6) is -0.896. The molecule has 5 nitrogen and oxygen atoms in total. The molecule has 2 aromatic heterocycles. The standard InChI is InChI=1S/C12H10O5/c1-7-2-4-9(16-7)11(14)12(15)10-5-3-8(6-13)17-10/h2-5,13H,6H2,1H3. The van der Waals surface area contributed by atoms with Gasteiger partial charge in [-0.2, -0.15) is 0 Å². The van der Waals surface area contributed by atoms with Crippen LogP contribution in [0.5, 0.6) is 0 Å². The topological polar surface area (TPSA) is 80.7 Å². The lowest BCUT2D eigenvalue weighted by Gasteiger charge is -1.93. The number of furan rings is 2. The van der Waals surface area contributed by atoms with Crippen molar-refractivity contribution in [2.24, 2.45) is 0 Å². The normalized spacial score (nSPS) is 10.5. The molecule has 0 aliphatic heterocycles. The number of Topliss-reactive ketones (excluding diaryl/α,β-unsaturated/α-hetero) is 2. The van der Waals surface area contributed by atoms with E-state index in [-0.39, 0.29) is 23.9 Å². The summed E-state index contributed by atoms with van der Waals surface area (Å²) >= 11 is 0. The van der Waals surface area contributed by atoms with E-state index in [1.165, 1.54) is 18.2 Å². The molecule has 1 N–H and O–H groups in total. The van der Waals surface area contributed by atoms with Gasteiger partial charge >= 0.3 is 0 Å². The SMILES string of the molecule is Cc1ccc(C(=O)C(=O)c2ccc(CO)o2)o1. The van der Waals surface area contributed by atoms with Crippen molar-refractivity contribution in [2.75, 3.05) is 0 Å². The van der Waals surface area contributed by atoms with Crippen LogP contribution in [0.25, 0.3) is 0 Å². The van der Waals surface area contributed by atoms with Gasteiger partial charge in [0.05, 0.1) is 0 Å². The van der Waals surface area contributed by atoms with Crippen molar-refractivity contribution in [2.45, 2.75) is 13.5 Å². The molecular weight excluding hydrogens is 224 g/mol. The molecule has 17 heavy (non-hydrogen) atoms. The van der Waals surface area contributed by atoms with E-state index in [0.717, 1.165) is 0 Å². The summed E-state index contributed by atoms with van der Waals surface area (Å²) in [6, 6.07) is 5.82. The smallest absolute Gasteiger partial charge is 0.271 e. The van der Waals surface area contributed by atoms with Crippen LogP contribution in [0.4, 0.5) is 0 Å². The molecule has 0 radical (unpaired) electrons. The largest absolute Gasteiger partial charge is 0.458 e. The number of hydrogen-bond acceptors (Lipinski definition) is 5. The van der Waals surface area contributed by atoms with Gasteiger partial charge in [-0.15, -0.1) is 0 Å². The fourth-order valence-corrected chi connectivity index (χ4v) is 1.37. The van der Waals surface area contributed by atoms with Crippen molar-refractivity contribution in [1.29, 1.82) is 0 Å². The van der Waals surface area contributed by atoms with Gasteiger partial charge in [-0.05, 0) is 31.2 Å². The Labute approximate surface area is 96.7 Å². The maximum atomic E-state index is 11.7. The highest BCUT2D eigenvalue weighted by Crippen LogP contribution is 2.13. The number of carbonyl (C=O) groups is 2. The fourth-order valence-electron chi connectivity index (χ4n) is 1.37. The number of ketones is 2. The molecule has 0 saturated heterocycles. The second-order valence-corrected chi connectivity index (χ2v) is 3.49. The highest BCUT2D eigenvalue weighted by molar-refractivity contribution is 6.47. The Hall–Kier alpha value is -2.14. The van der Waals surface area contributed by atoms with E-state index in [2.05, 4.69) is 0 Å². The zero-order valence-corrected chi connectivity index (χ0v) is 9.10. The third-order valence-corrected chi connectivity index (χ3v) is 2.21. The Balaban J connectivity index is 2.23. The van der Waals surface area contributed by atoms with Crippen molar-refractivity contribution >= 4 is 11.6 Å². The molecule has 0 aliphatic carbocycles. The maximum Gasteiger partial charge on any atom is 0.271 e. The Kier molecular flexibility index (Phi) is 2.93. The van der Waals surface area contributed by atoms with Crippen molar-refractivity contribution in [1.82, 2.24) is 0 Å². The predicted octanol–water partition coefficient (Wildman–Crippen LogP) is 1.74. The third-order valence-electron chi connectivity index (χ3n) is 2.21. The molecule has 2 rings (SSSR count). The molecule has 0 aromatic carbocycles. The first-order valence-electron chi connectivity index (χ1n) is 4.97. The van der Waals surface area contributed by atoms with Crippen LogP contribution in [0.15, 0.2) is 33.1 Å². The van der Waals surface area contributed by atoms with E-state index < -0.39 is 11.6 Å². The molecule has 2 aromatic rings. The third kappa shape index (κ3) is 2.19. The molecule has 0 amide bonds. The van der Waals surface area contributed by atoms with Crippen LogP contribution in [0.1, 0.15) is 32.6 Å². The van der Waals surface area contributed by atoms with E-state index in [1.54, 1.807) is 13.0 Å². The minimum atomic E-state index is -0.793. The molecule has 88 valence electrons. The molecular formula is C12H10O5. The summed E-state index contributed by atoms with van der Waals surface area (Å²) in [5, 5.41) is 8.78. The number of aryl methyl sites for hydroxylation is 1. The maximum absolute atomic E-state index is 11.7. The predicted molar refractivity (Wildman–Crippen MR) is 56.7 cm³/mol. The number of hydrogen-bond donors (Lipinski definition) is 1.